The third kappa shape index (κ3) is 6.67. The second-order valence-corrected chi connectivity index (χ2v) is 14.4. The highest BCUT2D eigenvalue weighted by molar-refractivity contribution is 7.72. The first-order valence-corrected chi connectivity index (χ1v) is 17.8. The molecule has 1 fully saturated rings. The highest BCUT2D eigenvalue weighted by Crippen LogP contribution is 2.53. The van der Waals surface area contributed by atoms with Crippen LogP contribution in [0.25, 0.3) is 21.0 Å². The number of hydrogen-bond donors (Lipinski definition) is 0. The number of methoxy groups -OCH3 is 1. The van der Waals surface area contributed by atoms with E-state index in [1.807, 2.05) is 24.3 Å². The van der Waals surface area contributed by atoms with Crippen molar-refractivity contribution in [3.05, 3.63) is 68.7 Å². The molecule has 1 aliphatic rings. The summed E-state index contributed by atoms with van der Waals surface area (Å²) in [6, 6.07) is 7.37. The van der Waals surface area contributed by atoms with Crippen LogP contribution in [0.2, 0.25) is 0 Å². The first-order chi connectivity index (χ1) is 22.5. The van der Waals surface area contributed by atoms with Gasteiger partial charge >= 0.3 is 13.3 Å². The van der Waals surface area contributed by atoms with Crippen molar-refractivity contribution in [2.24, 2.45) is 0 Å². The maximum absolute atomic E-state index is 14.7. The van der Waals surface area contributed by atoms with E-state index in [0.717, 1.165) is 4.57 Å². The molecule has 3 aromatic heterocycles. The van der Waals surface area contributed by atoms with Gasteiger partial charge in [0.2, 0.25) is 5.89 Å². The van der Waals surface area contributed by atoms with Gasteiger partial charge in [-0.1, -0.05) is 18.2 Å². The van der Waals surface area contributed by atoms with Gasteiger partial charge in [-0.2, -0.15) is 0 Å². The van der Waals surface area contributed by atoms with Crippen LogP contribution in [0.15, 0.2) is 50.7 Å². The number of aryl methyl sites for hydroxylation is 1. The van der Waals surface area contributed by atoms with Crippen LogP contribution in [0.1, 0.15) is 57.8 Å². The number of ether oxygens (including phenoxy) is 3. The lowest BCUT2D eigenvalue weighted by Crippen LogP contribution is -2.53. The van der Waals surface area contributed by atoms with E-state index >= 15 is 0 Å². The molecule has 0 radical (unpaired) electrons. The predicted octanol–water partition coefficient (Wildman–Crippen LogP) is 5.66. The fourth-order valence-corrected chi connectivity index (χ4v) is 8.82. The molecule has 4 aromatic rings. The normalized spacial score (nSPS) is 15.3. The van der Waals surface area contributed by atoms with Crippen molar-refractivity contribution in [3.63, 3.8) is 0 Å². The summed E-state index contributed by atoms with van der Waals surface area (Å²) in [5.41, 5.74) is -3.27. The number of fused-ring (bicyclic) bond motifs is 1. The number of oxazole rings is 1. The third-order valence-electron chi connectivity index (χ3n) is 8.13. The van der Waals surface area contributed by atoms with Crippen LogP contribution >= 0.6 is 18.9 Å². The maximum Gasteiger partial charge on any atom is 0.399 e. The summed E-state index contributed by atoms with van der Waals surface area (Å²) in [5, 5.41) is 0.191. The van der Waals surface area contributed by atoms with Gasteiger partial charge in [-0.25, -0.2) is 14.3 Å². The molecule has 1 atom stereocenters. The second kappa shape index (κ2) is 14.4. The van der Waals surface area contributed by atoms with Crippen LogP contribution in [0.5, 0.6) is 5.75 Å². The Kier molecular flexibility index (Phi) is 10.7. The maximum atomic E-state index is 14.7. The first kappa shape index (κ1) is 34.9. The highest BCUT2D eigenvalue weighted by atomic mass is 32.1. The van der Waals surface area contributed by atoms with Crippen molar-refractivity contribution in [3.8, 4) is 16.5 Å². The van der Waals surface area contributed by atoms with Gasteiger partial charge in [0, 0.05) is 18.8 Å². The second-order valence-electron chi connectivity index (χ2n) is 11.5. The molecule has 5 rings (SSSR count). The average molecular weight is 690 g/mol. The molecule has 0 saturated carbocycles. The van der Waals surface area contributed by atoms with Gasteiger partial charge in [0.15, 0.2) is 0 Å². The highest BCUT2D eigenvalue weighted by Gasteiger charge is 2.48. The molecule has 47 heavy (non-hydrogen) atoms. The average Bonchev–Trinajstić information content (AvgIpc) is 3.71. The monoisotopic (exact) mass is 689 g/mol. The van der Waals surface area contributed by atoms with Crippen molar-refractivity contribution in [2.75, 3.05) is 33.5 Å². The van der Waals surface area contributed by atoms with E-state index in [1.54, 1.807) is 27.9 Å². The fraction of sp³-hybridized carbons (Fsp3) is 0.500. The van der Waals surface area contributed by atoms with Crippen LogP contribution in [-0.2, 0) is 40.0 Å². The molecule has 15 heteroatoms. The molecular formula is C32H40N3O10PS. The standard InChI is InChI=1S/C32H40N3O10PS/c1-7-43-46(39,44-8-2)30(37)32(4,5)35-28(36)25-20(3)26(27-33-15-18-42-27)47-29(25)34(31(35)38)19-24(45-21-13-16-41-17-14-21)22-11-9-10-12-23(22)40-6/h9-12,15,18,21,24H,7-8,13-14,16-17,19H2,1-6H3/t24-/m0/s1. The topological polar surface area (TPSA) is 150 Å². The quantitative estimate of drug-likeness (QED) is 0.151. The Hall–Kier alpha value is -3.39. The van der Waals surface area contributed by atoms with Crippen molar-refractivity contribution in [1.82, 2.24) is 14.1 Å². The van der Waals surface area contributed by atoms with Gasteiger partial charge in [0.1, 0.15) is 28.5 Å². The van der Waals surface area contributed by atoms with Crippen LogP contribution in [-0.4, -0.2) is 59.3 Å². The molecule has 0 N–H and O–H groups in total. The van der Waals surface area contributed by atoms with Gasteiger partial charge in [-0.05, 0) is 59.1 Å². The number of benzene rings is 1. The Bertz CT molecular complexity index is 1880. The van der Waals surface area contributed by atoms with Crippen molar-refractivity contribution >= 4 is 34.7 Å². The zero-order chi connectivity index (χ0) is 33.9. The van der Waals surface area contributed by atoms with Crippen molar-refractivity contribution in [2.45, 2.75) is 71.8 Å². The predicted molar refractivity (Wildman–Crippen MR) is 176 cm³/mol. The lowest BCUT2D eigenvalue weighted by atomic mass is 10.1. The minimum Gasteiger partial charge on any atom is -0.496 e. The van der Waals surface area contributed by atoms with Gasteiger partial charge in [-0.3, -0.25) is 18.7 Å². The number of hydrogen-bond acceptors (Lipinski definition) is 12. The molecule has 1 aliphatic heterocycles. The summed E-state index contributed by atoms with van der Waals surface area (Å²) in [4.78, 5) is 48.2. The molecule has 0 bridgehead atoms. The first-order valence-electron chi connectivity index (χ1n) is 15.5. The number of thiophene rings is 1. The lowest BCUT2D eigenvalue weighted by molar-refractivity contribution is -0.120. The Morgan fingerprint density at radius 2 is 1.83 bits per heavy atom. The number of aromatic nitrogens is 3. The minimum atomic E-state index is -4.39. The molecule has 0 spiro atoms. The number of carbonyl (C=O) groups is 1. The summed E-state index contributed by atoms with van der Waals surface area (Å²) in [5.74, 6) is 0.843. The van der Waals surface area contributed by atoms with E-state index < -0.39 is 36.0 Å². The summed E-state index contributed by atoms with van der Waals surface area (Å²) >= 11 is 1.18. The summed E-state index contributed by atoms with van der Waals surface area (Å²) in [7, 11) is -2.83. The molecular weight excluding hydrogens is 649 g/mol. The molecule has 1 aromatic carbocycles. The van der Waals surface area contributed by atoms with Gasteiger partial charge in [-0.15, -0.1) is 11.3 Å². The largest absolute Gasteiger partial charge is 0.496 e. The molecule has 0 unspecified atom stereocenters. The zero-order valence-electron chi connectivity index (χ0n) is 27.3. The summed E-state index contributed by atoms with van der Waals surface area (Å²) in [6.45, 7) is 8.49. The van der Waals surface area contributed by atoms with E-state index in [-0.39, 0.29) is 37.1 Å². The third-order valence-corrected chi connectivity index (χ3v) is 11.7. The molecule has 13 nitrogen and oxygen atoms in total. The van der Waals surface area contributed by atoms with Crippen LogP contribution < -0.4 is 16.0 Å². The van der Waals surface area contributed by atoms with E-state index in [2.05, 4.69) is 4.98 Å². The Labute approximate surface area is 275 Å². The number of para-hydroxylation sites is 1. The summed E-state index contributed by atoms with van der Waals surface area (Å²) in [6.07, 6.45) is 3.37. The van der Waals surface area contributed by atoms with E-state index in [1.165, 1.54) is 42.2 Å². The van der Waals surface area contributed by atoms with Gasteiger partial charge in [0.05, 0.1) is 49.4 Å². The molecule has 0 amide bonds. The van der Waals surface area contributed by atoms with Crippen molar-refractivity contribution < 1.29 is 37.0 Å². The van der Waals surface area contributed by atoms with Gasteiger partial charge < -0.3 is 27.7 Å². The van der Waals surface area contributed by atoms with Crippen LogP contribution in [0.3, 0.4) is 0 Å². The van der Waals surface area contributed by atoms with E-state index in [4.69, 9.17) is 27.7 Å². The Balaban J connectivity index is 1.77. The lowest BCUT2D eigenvalue weighted by Gasteiger charge is -2.31. The molecule has 254 valence electrons. The summed E-state index contributed by atoms with van der Waals surface area (Å²) < 4.78 is 50.1. The van der Waals surface area contributed by atoms with E-state index in [9.17, 15) is 18.9 Å². The SMILES string of the molecule is CCOP(=O)(OCC)C(=O)C(C)(C)n1c(=O)c2c(C)c(-c3ncco3)sc2n(C[C@H](OC2CCOCC2)c2ccccc2OC)c1=O. The van der Waals surface area contributed by atoms with Crippen LogP contribution in [0, 0.1) is 6.92 Å². The fourth-order valence-electron chi connectivity index (χ4n) is 5.82. The molecule has 1 saturated heterocycles. The number of rotatable bonds is 14. The van der Waals surface area contributed by atoms with Gasteiger partial charge in [0.25, 0.3) is 11.1 Å². The Morgan fingerprint density at radius 3 is 2.45 bits per heavy atom. The van der Waals surface area contributed by atoms with Crippen molar-refractivity contribution in [1.29, 1.82) is 0 Å². The minimum absolute atomic E-state index is 0.0445. The number of nitrogens with zero attached hydrogens (tertiary/aromatic N) is 3. The smallest absolute Gasteiger partial charge is 0.399 e. The Morgan fingerprint density at radius 1 is 1.15 bits per heavy atom. The van der Waals surface area contributed by atoms with E-state index in [0.29, 0.717) is 52.6 Å². The number of carbonyl (C=O) groups excluding carboxylic acids is 1. The zero-order valence-corrected chi connectivity index (χ0v) is 29.1. The molecule has 4 heterocycles. The van der Waals surface area contributed by atoms with Crippen LogP contribution in [0.4, 0.5) is 0 Å². The molecule has 0 aliphatic carbocycles.